The van der Waals surface area contributed by atoms with Gasteiger partial charge in [-0.1, -0.05) is 42.0 Å². The number of carbonyl (C=O) groups excluding carboxylic acids is 2. The molecule has 6 heteroatoms. The number of fused-ring (bicyclic) bond motifs is 1. The predicted octanol–water partition coefficient (Wildman–Crippen LogP) is 4.94. The number of nitrogens with one attached hydrogen (secondary N) is 1. The molecule has 5 nitrogen and oxygen atoms in total. The van der Waals surface area contributed by atoms with E-state index in [1.54, 1.807) is 29.2 Å². The quantitative estimate of drug-likeness (QED) is 0.612. The summed E-state index contributed by atoms with van der Waals surface area (Å²) in [4.78, 5) is 26.8. The standard InChI is InChI=1S/C23H19BrN2O3/c1-15-6-8-16(9-7-15)13-26-20-12-17(10-11-21(20)29-14-22(26)27)25-23(28)18-4-2-3-5-19(18)24/h2-12H,13-14H2,1H3,(H,25,28). The predicted molar refractivity (Wildman–Crippen MR) is 116 cm³/mol. The molecule has 146 valence electrons. The zero-order valence-corrected chi connectivity index (χ0v) is 17.4. The molecular weight excluding hydrogens is 432 g/mol. The molecule has 0 fully saturated rings. The van der Waals surface area contributed by atoms with Gasteiger partial charge in [-0.2, -0.15) is 0 Å². The van der Waals surface area contributed by atoms with Gasteiger partial charge in [0.1, 0.15) is 5.75 Å². The van der Waals surface area contributed by atoms with E-state index in [4.69, 9.17) is 4.74 Å². The zero-order valence-electron chi connectivity index (χ0n) is 15.8. The van der Waals surface area contributed by atoms with Crippen LogP contribution in [-0.4, -0.2) is 18.4 Å². The summed E-state index contributed by atoms with van der Waals surface area (Å²) in [5.41, 5.74) is 3.97. The second-order valence-electron chi connectivity index (χ2n) is 6.87. The minimum absolute atomic E-state index is 0.00152. The van der Waals surface area contributed by atoms with E-state index < -0.39 is 0 Å². The first-order valence-electron chi connectivity index (χ1n) is 9.20. The van der Waals surface area contributed by atoms with E-state index in [1.165, 1.54) is 5.56 Å². The summed E-state index contributed by atoms with van der Waals surface area (Å²) in [6.45, 7) is 2.47. The summed E-state index contributed by atoms with van der Waals surface area (Å²) in [7, 11) is 0. The fraction of sp³-hybridized carbons (Fsp3) is 0.130. The van der Waals surface area contributed by atoms with Crippen LogP contribution in [0.5, 0.6) is 5.75 Å². The van der Waals surface area contributed by atoms with Crippen LogP contribution in [0.1, 0.15) is 21.5 Å². The van der Waals surface area contributed by atoms with Gasteiger partial charge in [0, 0.05) is 10.2 Å². The smallest absolute Gasteiger partial charge is 0.265 e. The molecule has 0 saturated heterocycles. The Bertz CT molecular complexity index is 1080. The topological polar surface area (TPSA) is 58.6 Å². The fourth-order valence-electron chi connectivity index (χ4n) is 3.17. The van der Waals surface area contributed by atoms with E-state index in [-0.39, 0.29) is 18.4 Å². The van der Waals surface area contributed by atoms with Gasteiger partial charge in [0.05, 0.1) is 17.8 Å². The summed E-state index contributed by atoms with van der Waals surface area (Å²) >= 11 is 3.40. The molecule has 0 saturated carbocycles. The lowest BCUT2D eigenvalue weighted by Crippen LogP contribution is -2.38. The highest BCUT2D eigenvalue weighted by atomic mass is 79.9. The van der Waals surface area contributed by atoms with Crippen molar-refractivity contribution in [3.63, 3.8) is 0 Å². The van der Waals surface area contributed by atoms with Crippen LogP contribution in [0, 0.1) is 6.92 Å². The number of rotatable bonds is 4. The Labute approximate surface area is 177 Å². The number of halogens is 1. The molecule has 0 atom stereocenters. The van der Waals surface area contributed by atoms with Crippen molar-refractivity contribution in [1.82, 2.24) is 0 Å². The summed E-state index contributed by atoms with van der Waals surface area (Å²) in [5.74, 6) is 0.272. The number of amides is 2. The van der Waals surface area contributed by atoms with Crippen LogP contribution in [0.2, 0.25) is 0 Å². The average molecular weight is 451 g/mol. The van der Waals surface area contributed by atoms with Crippen LogP contribution < -0.4 is 15.0 Å². The lowest BCUT2D eigenvalue weighted by Gasteiger charge is -2.30. The number of aryl methyl sites for hydroxylation is 1. The van der Waals surface area contributed by atoms with Gasteiger partial charge in [0.25, 0.3) is 11.8 Å². The highest BCUT2D eigenvalue weighted by Crippen LogP contribution is 2.35. The molecule has 4 rings (SSSR count). The molecule has 1 N–H and O–H groups in total. The Balaban J connectivity index is 1.61. The summed E-state index contributed by atoms with van der Waals surface area (Å²) in [6.07, 6.45) is 0. The van der Waals surface area contributed by atoms with Crippen molar-refractivity contribution in [2.45, 2.75) is 13.5 Å². The van der Waals surface area contributed by atoms with Crippen molar-refractivity contribution in [2.24, 2.45) is 0 Å². The molecular formula is C23H19BrN2O3. The molecule has 1 aliphatic heterocycles. The zero-order chi connectivity index (χ0) is 20.4. The SMILES string of the molecule is Cc1ccc(CN2C(=O)COc3ccc(NC(=O)c4ccccc4Br)cc32)cc1. The first-order chi connectivity index (χ1) is 14.0. The van der Waals surface area contributed by atoms with Crippen LogP contribution in [-0.2, 0) is 11.3 Å². The van der Waals surface area contributed by atoms with E-state index >= 15 is 0 Å². The van der Waals surface area contributed by atoms with E-state index in [1.807, 2.05) is 49.4 Å². The highest BCUT2D eigenvalue weighted by molar-refractivity contribution is 9.10. The lowest BCUT2D eigenvalue weighted by atomic mass is 10.1. The van der Waals surface area contributed by atoms with Gasteiger partial charge in [-0.3, -0.25) is 9.59 Å². The van der Waals surface area contributed by atoms with Crippen molar-refractivity contribution >= 4 is 39.1 Å². The van der Waals surface area contributed by atoms with Crippen LogP contribution in [0.25, 0.3) is 0 Å². The van der Waals surface area contributed by atoms with E-state index in [9.17, 15) is 9.59 Å². The third-order valence-corrected chi connectivity index (χ3v) is 5.43. The first-order valence-corrected chi connectivity index (χ1v) is 9.99. The van der Waals surface area contributed by atoms with Crippen LogP contribution in [0.4, 0.5) is 11.4 Å². The molecule has 29 heavy (non-hydrogen) atoms. The molecule has 0 unspecified atom stereocenters. The van der Waals surface area contributed by atoms with Gasteiger partial charge in [0.15, 0.2) is 6.61 Å². The number of hydrogen-bond donors (Lipinski definition) is 1. The van der Waals surface area contributed by atoms with Crippen molar-refractivity contribution in [1.29, 1.82) is 0 Å². The number of ether oxygens (including phenoxy) is 1. The molecule has 3 aromatic carbocycles. The number of benzene rings is 3. The molecule has 1 heterocycles. The normalized spacial score (nSPS) is 12.9. The first kappa shape index (κ1) is 19.2. The highest BCUT2D eigenvalue weighted by Gasteiger charge is 2.26. The Morgan fingerprint density at radius 2 is 1.86 bits per heavy atom. The number of anilines is 2. The minimum atomic E-state index is -0.231. The second kappa shape index (κ2) is 8.09. The van der Waals surface area contributed by atoms with Crippen LogP contribution >= 0.6 is 15.9 Å². The monoisotopic (exact) mass is 450 g/mol. The van der Waals surface area contributed by atoms with Gasteiger partial charge < -0.3 is 15.0 Å². The summed E-state index contributed by atoms with van der Waals surface area (Å²) in [5, 5.41) is 2.89. The number of nitrogens with zero attached hydrogens (tertiary/aromatic N) is 1. The second-order valence-corrected chi connectivity index (χ2v) is 7.72. The molecule has 0 radical (unpaired) electrons. The molecule has 0 aromatic heterocycles. The number of hydrogen-bond acceptors (Lipinski definition) is 3. The van der Waals surface area contributed by atoms with Crippen molar-refractivity contribution in [3.8, 4) is 5.75 Å². The maximum atomic E-state index is 12.6. The Morgan fingerprint density at radius 3 is 2.62 bits per heavy atom. The molecule has 0 aliphatic carbocycles. The van der Waals surface area contributed by atoms with Gasteiger partial charge in [-0.25, -0.2) is 0 Å². The van der Waals surface area contributed by atoms with E-state index in [0.717, 1.165) is 10.0 Å². The van der Waals surface area contributed by atoms with E-state index in [2.05, 4.69) is 21.2 Å². The Kier molecular flexibility index (Phi) is 5.36. The minimum Gasteiger partial charge on any atom is -0.482 e. The van der Waals surface area contributed by atoms with Crippen molar-refractivity contribution < 1.29 is 14.3 Å². The average Bonchev–Trinajstić information content (AvgIpc) is 2.72. The third kappa shape index (κ3) is 4.17. The third-order valence-electron chi connectivity index (χ3n) is 4.74. The maximum absolute atomic E-state index is 12.6. The van der Waals surface area contributed by atoms with Crippen molar-refractivity contribution in [2.75, 3.05) is 16.8 Å². The Morgan fingerprint density at radius 1 is 1.10 bits per heavy atom. The summed E-state index contributed by atoms with van der Waals surface area (Å²) in [6, 6.07) is 20.6. The van der Waals surface area contributed by atoms with Gasteiger partial charge in [-0.05, 0) is 58.7 Å². The van der Waals surface area contributed by atoms with Gasteiger partial charge in [0.2, 0.25) is 0 Å². The fourth-order valence-corrected chi connectivity index (χ4v) is 3.64. The molecule has 3 aromatic rings. The Hall–Kier alpha value is -3.12. The van der Waals surface area contributed by atoms with Crippen LogP contribution in [0.3, 0.4) is 0 Å². The van der Waals surface area contributed by atoms with Gasteiger partial charge >= 0.3 is 0 Å². The van der Waals surface area contributed by atoms with E-state index in [0.29, 0.717) is 29.2 Å². The number of carbonyl (C=O) groups is 2. The van der Waals surface area contributed by atoms with Crippen LogP contribution in [0.15, 0.2) is 71.2 Å². The van der Waals surface area contributed by atoms with Crippen molar-refractivity contribution in [3.05, 3.63) is 87.9 Å². The molecule has 1 aliphatic rings. The molecule has 0 bridgehead atoms. The molecule has 0 spiro atoms. The van der Waals surface area contributed by atoms with Gasteiger partial charge in [-0.15, -0.1) is 0 Å². The maximum Gasteiger partial charge on any atom is 0.265 e. The summed E-state index contributed by atoms with van der Waals surface area (Å²) < 4.78 is 6.29. The largest absolute Gasteiger partial charge is 0.482 e. The molecule has 2 amide bonds. The lowest BCUT2D eigenvalue weighted by molar-refractivity contribution is -0.121.